The third-order valence-corrected chi connectivity index (χ3v) is 3.84. The summed E-state index contributed by atoms with van der Waals surface area (Å²) in [5, 5.41) is 11.8. The predicted octanol–water partition coefficient (Wildman–Crippen LogP) is 1.73. The Bertz CT molecular complexity index is 734. The number of aromatic nitrogens is 5. The standard InChI is InChI=1S/C15H16N6/c1-2-4-12(5-3-1)8-10-20(13-6-7-13)14-15-17-18-19-21(15)11-9-16-14/h1-5,9,11,13H,6-8,10H2. The Morgan fingerprint density at radius 1 is 1.19 bits per heavy atom. The van der Waals surface area contributed by atoms with Crippen molar-refractivity contribution in [3.8, 4) is 0 Å². The van der Waals surface area contributed by atoms with Gasteiger partial charge in [-0.25, -0.2) is 4.98 Å². The van der Waals surface area contributed by atoms with Gasteiger partial charge in [0.15, 0.2) is 5.82 Å². The molecule has 2 heterocycles. The van der Waals surface area contributed by atoms with E-state index in [9.17, 15) is 0 Å². The van der Waals surface area contributed by atoms with Gasteiger partial charge < -0.3 is 4.90 Å². The molecule has 0 unspecified atom stereocenters. The Labute approximate surface area is 122 Å². The molecule has 2 aromatic heterocycles. The lowest BCUT2D eigenvalue weighted by Crippen LogP contribution is -2.29. The summed E-state index contributed by atoms with van der Waals surface area (Å²) >= 11 is 0. The Morgan fingerprint density at radius 2 is 2.05 bits per heavy atom. The van der Waals surface area contributed by atoms with Crippen LogP contribution in [0.2, 0.25) is 0 Å². The van der Waals surface area contributed by atoms with E-state index in [1.165, 1.54) is 18.4 Å². The Morgan fingerprint density at radius 3 is 2.86 bits per heavy atom. The van der Waals surface area contributed by atoms with Gasteiger partial charge in [0, 0.05) is 18.8 Å². The molecule has 1 aliphatic rings. The normalized spacial score (nSPS) is 14.5. The molecule has 1 saturated carbocycles. The van der Waals surface area contributed by atoms with Gasteiger partial charge in [-0.15, -0.1) is 5.10 Å². The largest absolute Gasteiger partial charge is 0.350 e. The van der Waals surface area contributed by atoms with Crippen molar-refractivity contribution in [1.82, 2.24) is 25.0 Å². The molecule has 4 rings (SSSR count). The number of hydrogen-bond acceptors (Lipinski definition) is 5. The van der Waals surface area contributed by atoms with Crippen LogP contribution in [-0.4, -0.2) is 37.6 Å². The van der Waals surface area contributed by atoms with Gasteiger partial charge >= 0.3 is 0 Å². The average molecular weight is 280 g/mol. The number of benzene rings is 1. The molecule has 0 spiro atoms. The first-order chi connectivity index (χ1) is 10.4. The topological polar surface area (TPSA) is 59.2 Å². The molecule has 0 amide bonds. The molecular weight excluding hydrogens is 264 g/mol. The van der Waals surface area contributed by atoms with Gasteiger partial charge in [-0.2, -0.15) is 4.52 Å². The van der Waals surface area contributed by atoms with E-state index < -0.39 is 0 Å². The van der Waals surface area contributed by atoms with E-state index in [-0.39, 0.29) is 0 Å². The fraction of sp³-hybridized carbons (Fsp3) is 0.333. The van der Waals surface area contributed by atoms with Crippen LogP contribution >= 0.6 is 0 Å². The fourth-order valence-electron chi connectivity index (χ4n) is 2.61. The van der Waals surface area contributed by atoms with E-state index in [0.717, 1.165) is 24.4 Å². The zero-order valence-corrected chi connectivity index (χ0v) is 11.6. The molecule has 0 saturated heterocycles. The van der Waals surface area contributed by atoms with E-state index >= 15 is 0 Å². The summed E-state index contributed by atoms with van der Waals surface area (Å²) in [5.74, 6) is 0.890. The van der Waals surface area contributed by atoms with Crippen LogP contribution in [0, 0.1) is 0 Å². The predicted molar refractivity (Wildman–Crippen MR) is 79.1 cm³/mol. The lowest BCUT2D eigenvalue weighted by atomic mass is 10.1. The van der Waals surface area contributed by atoms with Crippen molar-refractivity contribution in [2.45, 2.75) is 25.3 Å². The van der Waals surface area contributed by atoms with Crippen molar-refractivity contribution in [3.05, 3.63) is 48.3 Å². The smallest absolute Gasteiger partial charge is 0.221 e. The zero-order valence-electron chi connectivity index (χ0n) is 11.6. The van der Waals surface area contributed by atoms with E-state index in [1.54, 1.807) is 16.9 Å². The van der Waals surface area contributed by atoms with Gasteiger partial charge in [0.05, 0.1) is 6.20 Å². The lowest BCUT2D eigenvalue weighted by Gasteiger charge is -2.23. The van der Waals surface area contributed by atoms with Crippen molar-refractivity contribution < 1.29 is 0 Å². The lowest BCUT2D eigenvalue weighted by molar-refractivity contribution is 0.759. The van der Waals surface area contributed by atoms with E-state index in [1.807, 2.05) is 6.07 Å². The molecule has 6 heteroatoms. The van der Waals surface area contributed by atoms with Crippen LogP contribution in [-0.2, 0) is 6.42 Å². The Balaban J connectivity index is 1.61. The van der Waals surface area contributed by atoms with Gasteiger partial charge in [-0.3, -0.25) is 0 Å². The van der Waals surface area contributed by atoms with Gasteiger partial charge in [0.25, 0.3) is 0 Å². The summed E-state index contributed by atoms with van der Waals surface area (Å²) in [4.78, 5) is 6.86. The second kappa shape index (κ2) is 5.12. The monoisotopic (exact) mass is 280 g/mol. The van der Waals surface area contributed by atoms with Crippen molar-refractivity contribution in [2.75, 3.05) is 11.4 Å². The molecule has 1 aromatic carbocycles. The second-order valence-corrected chi connectivity index (χ2v) is 5.36. The summed E-state index contributed by atoms with van der Waals surface area (Å²) in [5.41, 5.74) is 2.08. The molecule has 0 aliphatic heterocycles. The van der Waals surface area contributed by atoms with Crippen LogP contribution in [0.25, 0.3) is 5.65 Å². The van der Waals surface area contributed by atoms with E-state index in [2.05, 4.69) is 49.7 Å². The highest BCUT2D eigenvalue weighted by atomic mass is 15.5. The van der Waals surface area contributed by atoms with E-state index in [0.29, 0.717) is 6.04 Å². The first-order valence-corrected chi connectivity index (χ1v) is 7.25. The highest BCUT2D eigenvalue weighted by Gasteiger charge is 2.31. The average Bonchev–Trinajstić information content (AvgIpc) is 3.25. The highest BCUT2D eigenvalue weighted by molar-refractivity contribution is 5.63. The van der Waals surface area contributed by atoms with Gasteiger partial charge in [0.1, 0.15) is 0 Å². The van der Waals surface area contributed by atoms with Crippen LogP contribution < -0.4 is 4.90 Å². The highest BCUT2D eigenvalue weighted by Crippen LogP contribution is 2.32. The molecule has 1 fully saturated rings. The minimum Gasteiger partial charge on any atom is -0.350 e. The summed E-state index contributed by atoms with van der Waals surface area (Å²) in [6, 6.07) is 11.1. The maximum atomic E-state index is 4.52. The van der Waals surface area contributed by atoms with Gasteiger partial charge in [-0.1, -0.05) is 30.3 Å². The van der Waals surface area contributed by atoms with Crippen LogP contribution in [0.4, 0.5) is 5.82 Å². The van der Waals surface area contributed by atoms with Crippen molar-refractivity contribution in [1.29, 1.82) is 0 Å². The molecular formula is C15H16N6. The summed E-state index contributed by atoms with van der Waals surface area (Å²) in [6.07, 6.45) is 6.98. The van der Waals surface area contributed by atoms with E-state index in [4.69, 9.17) is 0 Å². The first kappa shape index (κ1) is 12.3. The number of rotatable bonds is 5. The van der Waals surface area contributed by atoms with Gasteiger partial charge in [-0.05, 0) is 35.3 Å². The Kier molecular flexibility index (Phi) is 2.99. The van der Waals surface area contributed by atoms with Crippen molar-refractivity contribution >= 4 is 11.5 Å². The number of nitrogens with zero attached hydrogens (tertiary/aromatic N) is 6. The maximum Gasteiger partial charge on any atom is 0.221 e. The molecule has 6 nitrogen and oxygen atoms in total. The minimum absolute atomic E-state index is 0.573. The number of tetrazole rings is 1. The molecule has 1 aliphatic carbocycles. The zero-order chi connectivity index (χ0) is 14.1. The fourth-order valence-corrected chi connectivity index (χ4v) is 2.61. The first-order valence-electron chi connectivity index (χ1n) is 7.25. The number of anilines is 1. The maximum absolute atomic E-state index is 4.52. The molecule has 0 bridgehead atoms. The molecule has 21 heavy (non-hydrogen) atoms. The summed E-state index contributed by atoms with van der Waals surface area (Å²) in [7, 11) is 0. The second-order valence-electron chi connectivity index (χ2n) is 5.36. The minimum atomic E-state index is 0.573. The quantitative estimate of drug-likeness (QED) is 0.712. The van der Waals surface area contributed by atoms with Crippen LogP contribution in [0.1, 0.15) is 18.4 Å². The molecule has 0 atom stereocenters. The van der Waals surface area contributed by atoms with Crippen molar-refractivity contribution in [2.24, 2.45) is 0 Å². The molecule has 106 valence electrons. The van der Waals surface area contributed by atoms with Crippen molar-refractivity contribution in [3.63, 3.8) is 0 Å². The Hall–Kier alpha value is -2.50. The SMILES string of the molecule is c1ccc(CCN(c2nccn3nnnc23)C2CC2)cc1. The number of hydrogen-bond donors (Lipinski definition) is 0. The third kappa shape index (κ3) is 2.44. The van der Waals surface area contributed by atoms with Crippen LogP contribution in [0.3, 0.4) is 0 Å². The molecule has 0 radical (unpaired) electrons. The summed E-state index contributed by atoms with van der Waals surface area (Å²) < 4.78 is 1.68. The summed E-state index contributed by atoms with van der Waals surface area (Å²) in [6.45, 7) is 0.939. The van der Waals surface area contributed by atoms with Gasteiger partial charge in [0.2, 0.25) is 5.65 Å². The van der Waals surface area contributed by atoms with Crippen LogP contribution in [0.15, 0.2) is 42.7 Å². The molecule has 0 N–H and O–H groups in total. The van der Waals surface area contributed by atoms with Crippen LogP contribution in [0.5, 0.6) is 0 Å². The number of fused-ring (bicyclic) bond motifs is 1. The third-order valence-electron chi connectivity index (χ3n) is 3.84. The molecule has 3 aromatic rings.